The quantitative estimate of drug-likeness (QED) is 0.788. The number of fused-ring (bicyclic) bond motifs is 1. The van der Waals surface area contributed by atoms with Gasteiger partial charge in [0, 0.05) is 18.9 Å². The van der Waals surface area contributed by atoms with Gasteiger partial charge in [0.25, 0.3) is 0 Å². The van der Waals surface area contributed by atoms with E-state index in [1.54, 1.807) is 6.07 Å². The molecule has 2 rings (SSSR count). The third-order valence-electron chi connectivity index (χ3n) is 2.18. The summed E-state index contributed by atoms with van der Waals surface area (Å²) in [6.45, 7) is 0.269. The van der Waals surface area contributed by atoms with Gasteiger partial charge in [-0.15, -0.1) is 0 Å². The monoisotopic (exact) mass is 229 g/mol. The SMILES string of the molecule is CS(=O)(=O)c1cc2c(cc1CN)OCO2. The Labute approximate surface area is 87.7 Å². The molecule has 0 spiro atoms. The largest absolute Gasteiger partial charge is 0.454 e. The second-order valence-electron chi connectivity index (χ2n) is 3.29. The van der Waals surface area contributed by atoms with Gasteiger partial charge in [-0.25, -0.2) is 8.42 Å². The fourth-order valence-corrected chi connectivity index (χ4v) is 2.41. The lowest BCUT2D eigenvalue weighted by atomic mass is 10.2. The highest BCUT2D eigenvalue weighted by molar-refractivity contribution is 7.90. The van der Waals surface area contributed by atoms with Crippen LogP contribution in [0.3, 0.4) is 0 Å². The zero-order valence-corrected chi connectivity index (χ0v) is 9.00. The molecule has 0 bridgehead atoms. The Kier molecular flexibility index (Phi) is 2.32. The molecular formula is C9H11NO4S. The van der Waals surface area contributed by atoms with E-state index in [2.05, 4.69) is 0 Å². The van der Waals surface area contributed by atoms with Crippen molar-refractivity contribution in [2.45, 2.75) is 11.4 Å². The van der Waals surface area contributed by atoms with Crippen LogP contribution in [0.1, 0.15) is 5.56 Å². The molecular weight excluding hydrogens is 218 g/mol. The number of sulfone groups is 1. The molecule has 6 heteroatoms. The summed E-state index contributed by atoms with van der Waals surface area (Å²) in [5.41, 5.74) is 6.02. The van der Waals surface area contributed by atoms with Gasteiger partial charge in [0.1, 0.15) is 0 Å². The lowest BCUT2D eigenvalue weighted by Gasteiger charge is -2.07. The number of hydrogen-bond donors (Lipinski definition) is 1. The molecule has 1 aliphatic heterocycles. The second-order valence-corrected chi connectivity index (χ2v) is 5.27. The van der Waals surface area contributed by atoms with Gasteiger partial charge < -0.3 is 15.2 Å². The lowest BCUT2D eigenvalue weighted by molar-refractivity contribution is 0.174. The number of nitrogens with two attached hydrogens (primary N) is 1. The molecule has 1 aromatic carbocycles. The zero-order chi connectivity index (χ0) is 11.1. The van der Waals surface area contributed by atoms with E-state index in [-0.39, 0.29) is 18.2 Å². The fraction of sp³-hybridized carbons (Fsp3) is 0.333. The highest BCUT2D eigenvalue weighted by atomic mass is 32.2. The van der Waals surface area contributed by atoms with E-state index in [9.17, 15) is 8.42 Å². The zero-order valence-electron chi connectivity index (χ0n) is 8.19. The van der Waals surface area contributed by atoms with Crippen LogP contribution in [-0.2, 0) is 16.4 Å². The highest BCUT2D eigenvalue weighted by Gasteiger charge is 2.21. The van der Waals surface area contributed by atoms with Crippen molar-refractivity contribution in [1.82, 2.24) is 0 Å². The number of hydrogen-bond acceptors (Lipinski definition) is 5. The standard InChI is InChI=1S/C9H11NO4S/c1-15(11,12)9-3-8-7(13-5-14-8)2-6(9)4-10/h2-3H,4-5,10H2,1H3. The highest BCUT2D eigenvalue weighted by Crippen LogP contribution is 2.36. The third kappa shape index (κ3) is 1.78. The van der Waals surface area contributed by atoms with Gasteiger partial charge in [-0.3, -0.25) is 0 Å². The van der Waals surface area contributed by atoms with Crippen molar-refractivity contribution in [2.75, 3.05) is 13.0 Å². The first-order valence-electron chi connectivity index (χ1n) is 4.35. The maximum atomic E-state index is 11.5. The number of ether oxygens (including phenoxy) is 2. The summed E-state index contributed by atoms with van der Waals surface area (Å²) in [7, 11) is -3.28. The van der Waals surface area contributed by atoms with Crippen LogP contribution < -0.4 is 15.2 Å². The Morgan fingerprint density at radius 2 is 1.93 bits per heavy atom. The smallest absolute Gasteiger partial charge is 0.231 e. The van der Waals surface area contributed by atoms with Gasteiger partial charge in [-0.05, 0) is 11.6 Å². The Morgan fingerprint density at radius 3 is 2.47 bits per heavy atom. The molecule has 1 aliphatic rings. The van der Waals surface area contributed by atoms with Gasteiger partial charge in [-0.2, -0.15) is 0 Å². The average molecular weight is 229 g/mol. The minimum atomic E-state index is -3.28. The maximum absolute atomic E-state index is 11.5. The van der Waals surface area contributed by atoms with Crippen LogP contribution in [0.25, 0.3) is 0 Å². The Balaban J connectivity index is 2.64. The molecule has 15 heavy (non-hydrogen) atoms. The van der Waals surface area contributed by atoms with Gasteiger partial charge in [0.15, 0.2) is 21.3 Å². The van der Waals surface area contributed by atoms with Crippen molar-refractivity contribution in [2.24, 2.45) is 5.73 Å². The molecule has 2 N–H and O–H groups in total. The van der Waals surface area contributed by atoms with E-state index in [0.717, 1.165) is 6.26 Å². The van der Waals surface area contributed by atoms with E-state index < -0.39 is 9.84 Å². The summed E-state index contributed by atoms with van der Waals surface area (Å²) < 4.78 is 33.2. The summed E-state index contributed by atoms with van der Waals surface area (Å²) in [6.07, 6.45) is 1.14. The summed E-state index contributed by atoms with van der Waals surface area (Å²) in [4.78, 5) is 0.203. The van der Waals surface area contributed by atoms with Crippen molar-refractivity contribution >= 4 is 9.84 Å². The number of rotatable bonds is 2. The molecule has 0 aromatic heterocycles. The molecule has 5 nitrogen and oxygen atoms in total. The molecule has 0 aliphatic carbocycles. The van der Waals surface area contributed by atoms with Crippen molar-refractivity contribution in [1.29, 1.82) is 0 Å². The summed E-state index contributed by atoms with van der Waals surface area (Å²) in [5.74, 6) is 0.996. The van der Waals surface area contributed by atoms with Crippen LogP contribution in [0.5, 0.6) is 11.5 Å². The molecule has 0 saturated heterocycles. The van der Waals surface area contributed by atoms with E-state index in [1.165, 1.54) is 6.07 Å². The van der Waals surface area contributed by atoms with Crippen LogP contribution in [-0.4, -0.2) is 21.5 Å². The predicted octanol–water partition coefficient (Wildman–Crippen LogP) is 0.278. The van der Waals surface area contributed by atoms with E-state index >= 15 is 0 Å². The molecule has 1 heterocycles. The van der Waals surface area contributed by atoms with Crippen molar-refractivity contribution in [3.05, 3.63) is 17.7 Å². The topological polar surface area (TPSA) is 78.6 Å². The van der Waals surface area contributed by atoms with Gasteiger partial charge in [0.05, 0.1) is 4.90 Å². The van der Waals surface area contributed by atoms with Gasteiger partial charge in [-0.1, -0.05) is 0 Å². The van der Waals surface area contributed by atoms with Crippen molar-refractivity contribution in [3.8, 4) is 11.5 Å². The Morgan fingerprint density at radius 1 is 1.33 bits per heavy atom. The first kappa shape index (κ1) is 10.3. The van der Waals surface area contributed by atoms with Gasteiger partial charge >= 0.3 is 0 Å². The van der Waals surface area contributed by atoms with Crippen LogP contribution in [0, 0.1) is 0 Å². The van der Waals surface area contributed by atoms with E-state index in [4.69, 9.17) is 15.2 Å². The lowest BCUT2D eigenvalue weighted by Crippen LogP contribution is -2.06. The first-order valence-corrected chi connectivity index (χ1v) is 6.24. The normalized spacial score (nSPS) is 14.3. The van der Waals surface area contributed by atoms with Crippen LogP contribution in [0.2, 0.25) is 0 Å². The third-order valence-corrected chi connectivity index (χ3v) is 3.35. The Hall–Kier alpha value is -1.27. The summed E-state index contributed by atoms with van der Waals surface area (Å²) >= 11 is 0. The second kappa shape index (κ2) is 3.39. The predicted molar refractivity (Wildman–Crippen MR) is 53.6 cm³/mol. The Bertz CT molecular complexity index is 495. The molecule has 0 amide bonds. The molecule has 0 unspecified atom stereocenters. The van der Waals surface area contributed by atoms with Crippen molar-refractivity contribution in [3.63, 3.8) is 0 Å². The minimum absolute atomic E-state index is 0.118. The summed E-state index contributed by atoms with van der Waals surface area (Å²) in [5, 5.41) is 0. The van der Waals surface area contributed by atoms with Crippen LogP contribution >= 0.6 is 0 Å². The number of benzene rings is 1. The van der Waals surface area contributed by atoms with E-state index in [0.29, 0.717) is 17.1 Å². The maximum Gasteiger partial charge on any atom is 0.231 e. The molecule has 82 valence electrons. The van der Waals surface area contributed by atoms with Gasteiger partial charge in [0.2, 0.25) is 6.79 Å². The minimum Gasteiger partial charge on any atom is -0.454 e. The van der Waals surface area contributed by atoms with Crippen LogP contribution in [0.4, 0.5) is 0 Å². The molecule has 0 saturated carbocycles. The fourth-order valence-electron chi connectivity index (χ4n) is 1.47. The van der Waals surface area contributed by atoms with Crippen molar-refractivity contribution < 1.29 is 17.9 Å². The average Bonchev–Trinajstić information content (AvgIpc) is 2.60. The first-order chi connectivity index (χ1) is 7.02. The summed E-state index contributed by atoms with van der Waals surface area (Å²) in [6, 6.07) is 3.07. The van der Waals surface area contributed by atoms with E-state index in [1.807, 2.05) is 0 Å². The molecule has 1 aromatic rings. The molecule has 0 fully saturated rings. The molecule has 0 atom stereocenters. The molecule has 0 radical (unpaired) electrons. The van der Waals surface area contributed by atoms with Crippen LogP contribution in [0.15, 0.2) is 17.0 Å².